The molecule has 0 fully saturated rings. The van der Waals surface area contributed by atoms with Crippen LogP contribution in [0.25, 0.3) is 0 Å². The van der Waals surface area contributed by atoms with Crippen molar-refractivity contribution in [3.8, 4) is 5.75 Å². The van der Waals surface area contributed by atoms with Crippen LogP contribution in [0.4, 0.5) is 11.4 Å². The van der Waals surface area contributed by atoms with E-state index in [1.807, 2.05) is 24.3 Å². The lowest BCUT2D eigenvalue weighted by Gasteiger charge is -2.11. The summed E-state index contributed by atoms with van der Waals surface area (Å²) in [5.41, 5.74) is 2.56. The fourth-order valence-electron chi connectivity index (χ4n) is 2.46. The maximum Gasteiger partial charge on any atom is 0.262 e. The van der Waals surface area contributed by atoms with Crippen LogP contribution in [-0.2, 0) is 11.3 Å². The molecular formula is C21H16BrCl3N2O2. The Bertz CT molecular complexity index is 1010. The molecule has 0 aliphatic rings. The van der Waals surface area contributed by atoms with E-state index in [2.05, 4.69) is 26.6 Å². The van der Waals surface area contributed by atoms with Crippen molar-refractivity contribution in [2.45, 2.75) is 6.54 Å². The Labute approximate surface area is 192 Å². The number of carbonyl (C=O) groups excluding carboxylic acids is 1. The molecule has 3 aromatic carbocycles. The second-order valence-electron chi connectivity index (χ2n) is 6.09. The number of amides is 1. The molecule has 0 saturated carbocycles. The van der Waals surface area contributed by atoms with E-state index in [4.69, 9.17) is 39.5 Å². The molecule has 0 unspecified atom stereocenters. The molecule has 0 atom stereocenters. The number of anilines is 2. The summed E-state index contributed by atoms with van der Waals surface area (Å²) >= 11 is 21.3. The standard InChI is InChI=1S/C21H16BrCl3N2O2/c22-17-9-13(11-26-16-6-7-18(24)19(25)10-16)1-8-20(17)29-12-21(28)27-15-4-2-14(23)3-5-15/h1-10,26H,11-12H2,(H,27,28). The monoisotopic (exact) mass is 512 g/mol. The number of hydrogen-bond acceptors (Lipinski definition) is 3. The normalized spacial score (nSPS) is 10.5. The number of nitrogens with one attached hydrogen (secondary N) is 2. The molecule has 0 spiro atoms. The van der Waals surface area contributed by atoms with Crippen molar-refractivity contribution in [2.24, 2.45) is 0 Å². The van der Waals surface area contributed by atoms with E-state index in [0.717, 1.165) is 15.7 Å². The van der Waals surface area contributed by atoms with Crippen LogP contribution in [0.3, 0.4) is 0 Å². The fourth-order valence-corrected chi connectivity index (χ4v) is 3.42. The lowest BCUT2D eigenvalue weighted by Crippen LogP contribution is -2.20. The van der Waals surface area contributed by atoms with Crippen LogP contribution < -0.4 is 15.4 Å². The van der Waals surface area contributed by atoms with Crippen molar-refractivity contribution >= 4 is 68.0 Å². The van der Waals surface area contributed by atoms with Gasteiger partial charge >= 0.3 is 0 Å². The van der Waals surface area contributed by atoms with E-state index in [1.165, 1.54) is 0 Å². The highest BCUT2D eigenvalue weighted by molar-refractivity contribution is 9.10. The van der Waals surface area contributed by atoms with E-state index in [1.54, 1.807) is 36.4 Å². The molecule has 0 aliphatic carbocycles. The van der Waals surface area contributed by atoms with Gasteiger partial charge < -0.3 is 15.4 Å². The minimum absolute atomic E-state index is 0.109. The third kappa shape index (κ3) is 6.54. The number of benzene rings is 3. The van der Waals surface area contributed by atoms with Gasteiger partial charge in [0.05, 0.1) is 14.5 Å². The summed E-state index contributed by atoms with van der Waals surface area (Å²) in [4.78, 5) is 12.0. The highest BCUT2D eigenvalue weighted by atomic mass is 79.9. The number of hydrogen-bond donors (Lipinski definition) is 2. The molecule has 3 rings (SSSR count). The lowest BCUT2D eigenvalue weighted by atomic mass is 10.2. The fraction of sp³-hybridized carbons (Fsp3) is 0.0952. The number of ether oxygens (including phenoxy) is 1. The van der Waals surface area contributed by atoms with Crippen LogP contribution in [0.5, 0.6) is 5.75 Å². The van der Waals surface area contributed by atoms with Crippen LogP contribution >= 0.6 is 50.7 Å². The van der Waals surface area contributed by atoms with Crippen molar-refractivity contribution in [3.63, 3.8) is 0 Å². The van der Waals surface area contributed by atoms with Gasteiger partial charge in [-0.15, -0.1) is 0 Å². The SMILES string of the molecule is O=C(COc1ccc(CNc2ccc(Cl)c(Cl)c2)cc1Br)Nc1ccc(Cl)cc1. The van der Waals surface area contributed by atoms with Gasteiger partial charge in [-0.25, -0.2) is 0 Å². The van der Waals surface area contributed by atoms with Gasteiger partial charge in [0.2, 0.25) is 0 Å². The van der Waals surface area contributed by atoms with Crippen LogP contribution in [0.1, 0.15) is 5.56 Å². The van der Waals surface area contributed by atoms with Gasteiger partial charge in [-0.3, -0.25) is 4.79 Å². The Morgan fingerprint density at radius 2 is 1.62 bits per heavy atom. The summed E-state index contributed by atoms with van der Waals surface area (Å²) in [6.45, 7) is 0.482. The molecule has 0 aliphatic heterocycles. The average Bonchev–Trinajstić information content (AvgIpc) is 2.70. The molecule has 29 heavy (non-hydrogen) atoms. The molecule has 8 heteroatoms. The number of carbonyl (C=O) groups is 1. The second-order valence-corrected chi connectivity index (χ2v) is 8.20. The van der Waals surface area contributed by atoms with Crippen molar-refractivity contribution in [1.82, 2.24) is 0 Å². The zero-order valence-corrected chi connectivity index (χ0v) is 18.9. The highest BCUT2D eigenvalue weighted by Gasteiger charge is 2.08. The first-order valence-corrected chi connectivity index (χ1v) is 10.5. The quantitative estimate of drug-likeness (QED) is 0.356. The van der Waals surface area contributed by atoms with Crippen LogP contribution in [0, 0.1) is 0 Å². The zero-order chi connectivity index (χ0) is 20.8. The smallest absolute Gasteiger partial charge is 0.262 e. The summed E-state index contributed by atoms with van der Waals surface area (Å²) in [5, 5.41) is 7.65. The summed E-state index contributed by atoms with van der Waals surface area (Å²) in [6.07, 6.45) is 0. The zero-order valence-electron chi connectivity index (χ0n) is 15.0. The van der Waals surface area contributed by atoms with Crippen molar-refractivity contribution in [3.05, 3.63) is 85.8 Å². The largest absolute Gasteiger partial charge is 0.483 e. The average molecular weight is 515 g/mol. The first-order valence-electron chi connectivity index (χ1n) is 8.56. The van der Waals surface area contributed by atoms with Crippen molar-refractivity contribution < 1.29 is 9.53 Å². The molecule has 0 bridgehead atoms. The molecule has 150 valence electrons. The van der Waals surface area contributed by atoms with Gasteiger partial charge in [-0.2, -0.15) is 0 Å². The maximum absolute atomic E-state index is 12.0. The first-order chi connectivity index (χ1) is 13.9. The molecule has 0 radical (unpaired) electrons. The molecule has 0 heterocycles. The number of halogens is 4. The molecule has 2 N–H and O–H groups in total. The topological polar surface area (TPSA) is 50.4 Å². The minimum Gasteiger partial charge on any atom is -0.483 e. The van der Waals surface area contributed by atoms with Crippen LogP contribution in [0.15, 0.2) is 65.1 Å². The van der Waals surface area contributed by atoms with Gasteiger partial charge in [-0.05, 0) is 76.1 Å². The van der Waals surface area contributed by atoms with Gasteiger partial charge in [0.15, 0.2) is 6.61 Å². The predicted molar refractivity (Wildman–Crippen MR) is 124 cm³/mol. The molecule has 1 amide bonds. The van der Waals surface area contributed by atoms with E-state index in [9.17, 15) is 4.79 Å². The third-order valence-corrected chi connectivity index (χ3v) is 5.51. The van der Waals surface area contributed by atoms with E-state index >= 15 is 0 Å². The summed E-state index contributed by atoms with van der Waals surface area (Å²) in [7, 11) is 0. The van der Waals surface area contributed by atoms with Crippen LogP contribution in [-0.4, -0.2) is 12.5 Å². The molecule has 4 nitrogen and oxygen atoms in total. The first kappa shape index (κ1) is 21.8. The molecular weight excluding hydrogens is 499 g/mol. The Balaban J connectivity index is 1.52. The Kier molecular flexibility index (Phi) is 7.67. The number of rotatable bonds is 7. The van der Waals surface area contributed by atoms with Gasteiger partial charge in [0.25, 0.3) is 5.91 Å². The third-order valence-electron chi connectivity index (χ3n) is 3.90. The van der Waals surface area contributed by atoms with Gasteiger partial charge in [0.1, 0.15) is 5.75 Å². The van der Waals surface area contributed by atoms with Gasteiger partial charge in [0, 0.05) is 22.9 Å². The van der Waals surface area contributed by atoms with Crippen LogP contribution in [0.2, 0.25) is 15.1 Å². The van der Waals surface area contributed by atoms with E-state index in [0.29, 0.717) is 33.0 Å². The molecule has 0 aromatic heterocycles. The minimum atomic E-state index is -0.260. The Morgan fingerprint density at radius 1 is 0.897 bits per heavy atom. The highest BCUT2D eigenvalue weighted by Crippen LogP contribution is 2.28. The Hall–Kier alpha value is -1.92. The lowest BCUT2D eigenvalue weighted by molar-refractivity contribution is -0.118. The second kappa shape index (κ2) is 10.2. The Morgan fingerprint density at radius 3 is 2.31 bits per heavy atom. The summed E-state index contributed by atoms with van der Waals surface area (Å²) in [6, 6.07) is 17.9. The maximum atomic E-state index is 12.0. The molecule has 3 aromatic rings. The van der Waals surface area contributed by atoms with E-state index < -0.39 is 0 Å². The van der Waals surface area contributed by atoms with Crippen molar-refractivity contribution in [2.75, 3.05) is 17.2 Å². The summed E-state index contributed by atoms with van der Waals surface area (Å²) < 4.78 is 6.36. The predicted octanol–water partition coefficient (Wildman–Crippen LogP) is 7.04. The van der Waals surface area contributed by atoms with Crippen molar-refractivity contribution in [1.29, 1.82) is 0 Å². The summed E-state index contributed by atoms with van der Waals surface area (Å²) in [5.74, 6) is 0.319. The van der Waals surface area contributed by atoms with Gasteiger partial charge in [-0.1, -0.05) is 40.9 Å². The van der Waals surface area contributed by atoms with E-state index in [-0.39, 0.29) is 12.5 Å². The molecule has 0 saturated heterocycles.